The Kier molecular flexibility index (Phi) is 7.67. The minimum absolute atomic E-state index is 0.0383. The number of hydrogen-bond acceptors (Lipinski definition) is 6. The van der Waals surface area contributed by atoms with Crippen molar-refractivity contribution in [2.75, 3.05) is 0 Å². The minimum Gasteiger partial charge on any atom is -0.369 e. The summed E-state index contributed by atoms with van der Waals surface area (Å²) in [5.74, 6) is -0.465. The van der Waals surface area contributed by atoms with E-state index < -0.39 is 34.8 Å². The van der Waals surface area contributed by atoms with Gasteiger partial charge in [-0.05, 0) is 47.9 Å². The highest BCUT2D eigenvalue weighted by atomic mass is 19.4. The summed E-state index contributed by atoms with van der Waals surface area (Å²) in [5, 5.41) is 0. The Balaban J connectivity index is 1.39. The molecule has 3 heterocycles. The summed E-state index contributed by atoms with van der Waals surface area (Å²) >= 11 is 0. The average Bonchev–Trinajstić information content (AvgIpc) is 3.68. The number of alkyl halides is 3. The van der Waals surface area contributed by atoms with E-state index in [9.17, 15) is 22.8 Å². The van der Waals surface area contributed by atoms with Crippen LogP contribution in [0, 0.1) is 11.8 Å². The molecule has 6 rings (SSSR count). The lowest BCUT2D eigenvalue weighted by Gasteiger charge is -2.42. The first-order valence-corrected chi connectivity index (χ1v) is 15.0. The van der Waals surface area contributed by atoms with E-state index in [1.807, 2.05) is 44.2 Å². The van der Waals surface area contributed by atoms with Crippen LogP contribution >= 0.6 is 0 Å². The van der Waals surface area contributed by atoms with Crippen LogP contribution in [0.15, 0.2) is 65.9 Å². The number of benzene rings is 2. The lowest BCUT2D eigenvalue weighted by Crippen LogP contribution is -2.52. The number of aromatic nitrogens is 2. The van der Waals surface area contributed by atoms with Gasteiger partial charge in [-0.1, -0.05) is 63.1 Å². The van der Waals surface area contributed by atoms with E-state index >= 15 is 0 Å². The maximum Gasteiger partial charge on any atom is 0.417 e. The SMILES string of the molecule is CC(C)CC(c1ccc(C(F)(F)F)c(C(=O)N2Cc3nccnc3C2)c1)N1C(=O)C[C@@](CC2CC2)(c2ccccc2)N=C1N. The smallest absolute Gasteiger partial charge is 0.369 e. The Morgan fingerprint density at radius 3 is 2.27 bits per heavy atom. The number of fused-ring (bicyclic) bond motifs is 1. The molecule has 1 fully saturated rings. The molecule has 1 saturated carbocycles. The molecule has 2 aromatic carbocycles. The zero-order valence-corrected chi connectivity index (χ0v) is 24.7. The van der Waals surface area contributed by atoms with Gasteiger partial charge >= 0.3 is 6.18 Å². The van der Waals surface area contributed by atoms with Crippen molar-refractivity contribution in [2.45, 2.75) is 76.8 Å². The minimum atomic E-state index is -4.76. The first kappa shape index (κ1) is 29.8. The third-order valence-corrected chi connectivity index (χ3v) is 8.72. The molecule has 3 aromatic rings. The number of hydrogen-bond donors (Lipinski definition) is 1. The van der Waals surface area contributed by atoms with Gasteiger partial charge < -0.3 is 10.6 Å². The molecule has 11 heteroatoms. The van der Waals surface area contributed by atoms with Gasteiger partial charge in [0.15, 0.2) is 5.96 Å². The lowest BCUT2D eigenvalue weighted by atomic mass is 9.80. The normalized spacial score (nSPS) is 21.0. The van der Waals surface area contributed by atoms with E-state index in [0.29, 0.717) is 35.7 Å². The quantitative estimate of drug-likeness (QED) is 0.341. The maximum atomic E-state index is 14.2. The number of nitrogens with two attached hydrogens (primary N) is 1. The zero-order chi connectivity index (χ0) is 31.2. The van der Waals surface area contributed by atoms with E-state index in [1.165, 1.54) is 34.3 Å². The number of nitrogens with zero attached hydrogens (tertiary/aromatic N) is 5. The third kappa shape index (κ3) is 5.79. The van der Waals surface area contributed by atoms with Gasteiger partial charge in [-0.25, -0.2) is 4.99 Å². The molecule has 3 aliphatic rings. The van der Waals surface area contributed by atoms with Crippen molar-refractivity contribution < 1.29 is 22.8 Å². The van der Waals surface area contributed by atoms with E-state index in [0.717, 1.165) is 24.5 Å². The van der Waals surface area contributed by atoms with E-state index in [4.69, 9.17) is 10.7 Å². The maximum absolute atomic E-state index is 14.2. The Labute approximate surface area is 254 Å². The number of rotatable bonds is 8. The van der Waals surface area contributed by atoms with Gasteiger partial charge in [-0.2, -0.15) is 13.2 Å². The van der Waals surface area contributed by atoms with Gasteiger partial charge in [0.1, 0.15) is 0 Å². The number of amides is 2. The molecule has 0 radical (unpaired) electrons. The number of carbonyl (C=O) groups excluding carboxylic acids is 2. The molecule has 1 aromatic heterocycles. The molecule has 0 bridgehead atoms. The van der Waals surface area contributed by atoms with Crippen molar-refractivity contribution in [1.82, 2.24) is 19.8 Å². The lowest BCUT2D eigenvalue weighted by molar-refractivity contribution is -0.138. The summed E-state index contributed by atoms with van der Waals surface area (Å²) in [7, 11) is 0. The van der Waals surface area contributed by atoms with Crippen molar-refractivity contribution in [3.63, 3.8) is 0 Å². The molecule has 0 spiro atoms. The molecule has 2 atom stereocenters. The highest BCUT2D eigenvalue weighted by molar-refractivity contribution is 6.00. The molecule has 2 N–H and O–H groups in total. The highest BCUT2D eigenvalue weighted by Gasteiger charge is 2.47. The Morgan fingerprint density at radius 2 is 1.70 bits per heavy atom. The van der Waals surface area contributed by atoms with Crippen LogP contribution in [-0.4, -0.2) is 37.5 Å². The van der Waals surface area contributed by atoms with Gasteiger partial charge in [0.2, 0.25) is 5.91 Å². The second-order valence-electron chi connectivity index (χ2n) is 12.5. The van der Waals surface area contributed by atoms with Crippen molar-refractivity contribution in [3.8, 4) is 0 Å². The van der Waals surface area contributed by atoms with Crippen LogP contribution < -0.4 is 5.73 Å². The van der Waals surface area contributed by atoms with Crippen LogP contribution in [0.3, 0.4) is 0 Å². The monoisotopic (exact) mass is 604 g/mol. The molecule has 2 aliphatic heterocycles. The largest absolute Gasteiger partial charge is 0.417 e. The number of halogens is 3. The summed E-state index contributed by atoms with van der Waals surface area (Å²) in [6.45, 7) is 4.05. The van der Waals surface area contributed by atoms with Crippen LogP contribution in [0.1, 0.15) is 90.4 Å². The summed E-state index contributed by atoms with van der Waals surface area (Å²) in [6, 6.07) is 12.5. The standard InChI is InChI=1S/C33H35F3N6O2/c1-20(2)14-28(42-29(43)17-32(40-31(42)37,16-21-8-9-21)23-6-4-3-5-7-23)22-10-11-25(33(34,35)36)24(15-22)30(44)41-18-26-27(19-41)39-13-12-38-26/h3-7,10-13,15,20-21,28H,8-9,14,16-19H2,1-2H3,(H2,37,40)/t28?,32-/m0/s1. The molecule has 2 amide bonds. The molecular weight excluding hydrogens is 569 g/mol. The van der Waals surface area contributed by atoms with E-state index in [-0.39, 0.29) is 37.3 Å². The molecule has 1 aliphatic carbocycles. The van der Waals surface area contributed by atoms with Crippen molar-refractivity contribution >= 4 is 17.8 Å². The van der Waals surface area contributed by atoms with Crippen molar-refractivity contribution in [2.24, 2.45) is 22.6 Å². The van der Waals surface area contributed by atoms with Gasteiger partial charge in [0.05, 0.1) is 53.6 Å². The van der Waals surface area contributed by atoms with Crippen molar-refractivity contribution in [3.05, 3.63) is 94.6 Å². The Hall–Kier alpha value is -4.28. The summed E-state index contributed by atoms with van der Waals surface area (Å²) < 4.78 is 42.7. The van der Waals surface area contributed by atoms with Crippen LogP contribution in [0.2, 0.25) is 0 Å². The first-order valence-electron chi connectivity index (χ1n) is 15.0. The van der Waals surface area contributed by atoms with Gasteiger partial charge in [0, 0.05) is 12.4 Å². The van der Waals surface area contributed by atoms with E-state index in [1.54, 1.807) is 0 Å². The Morgan fingerprint density at radius 1 is 1.05 bits per heavy atom. The van der Waals surface area contributed by atoms with Crippen LogP contribution in [-0.2, 0) is 29.6 Å². The summed E-state index contributed by atoms with van der Waals surface area (Å²) in [4.78, 5) is 43.9. The number of aliphatic imine (C=N–C) groups is 1. The average molecular weight is 605 g/mol. The summed E-state index contributed by atoms with van der Waals surface area (Å²) in [5.41, 5.74) is 6.73. The number of guanidine groups is 1. The molecule has 0 saturated heterocycles. The van der Waals surface area contributed by atoms with Gasteiger partial charge in [0.25, 0.3) is 5.91 Å². The van der Waals surface area contributed by atoms with Gasteiger partial charge in [-0.15, -0.1) is 0 Å². The summed E-state index contributed by atoms with van der Waals surface area (Å²) in [6.07, 6.45) is 1.58. The third-order valence-electron chi connectivity index (χ3n) is 8.72. The first-order chi connectivity index (χ1) is 20.9. The molecule has 1 unspecified atom stereocenters. The van der Waals surface area contributed by atoms with Crippen molar-refractivity contribution in [1.29, 1.82) is 0 Å². The predicted molar refractivity (Wildman–Crippen MR) is 158 cm³/mol. The predicted octanol–water partition coefficient (Wildman–Crippen LogP) is 5.98. The molecule has 230 valence electrons. The highest BCUT2D eigenvalue weighted by Crippen LogP contribution is 2.47. The van der Waals surface area contributed by atoms with Crippen LogP contribution in [0.5, 0.6) is 0 Å². The second kappa shape index (κ2) is 11.3. The fourth-order valence-electron chi connectivity index (χ4n) is 6.48. The second-order valence-corrected chi connectivity index (χ2v) is 12.5. The molecular formula is C33H35F3N6O2. The molecule has 44 heavy (non-hydrogen) atoms. The zero-order valence-electron chi connectivity index (χ0n) is 24.7. The fraction of sp³-hybridized carbons (Fsp3) is 0.424. The molecule has 8 nitrogen and oxygen atoms in total. The van der Waals surface area contributed by atoms with Gasteiger partial charge in [-0.3, -0.25) is 24.5 Å². The number of carbonyl (C=O) groups is 2. The van der Waals surface area contributed by atoms with Crippen LogP contribution in [0.25, 0.3) is 0 Å². The van der Waals surface area contributed by atoms with E-state index in [2.05, 4.69) is 9.97 Å². The topological polar surface area (TPSA) is 105 Å². The van der Waals surface area contributed by atoms with Crippen LogP contribution in [0.4, 0.5) is 13.2 Å². The Bertz CT molecular complexity index is 1580. The fourth-order valence-corrected chi connectivity index (χ4v) is 6.48.